The van der Waals surface area contributed by atoms with Gasteiger partial charge in [0.1, 0.15) is 6.07 Å². The summed E-state index contributed by atoms with van der Waals surface area (Å²) >= 11 is 0. The molecule has 2 heterocycles. The van der Waals surface area contributed by atoms with Crippen molar-refractivity contribution in [1.29, 1.82) is 5.26 Å². The van der Waals surface area contributed by atoms with E-state index in [9.17, 15) is 4.79 Å². The Labute approximate surface area is 96.7 Å². The molecule has 1 N–H and O–H groups in total. The van der Waals surface area contributed by atoms with Crippen LogP contribution in [0, 0.1) is 11.3 Å². The molecule has 0 unspecified atom stereocenters. The van der Waals surface area contributed by atoms with Gasteiger partial charge >= 0.3 is 0 Å². The maximum atomic E-state index is 11.3. The number of hydrogen-bond donors (Lipinski definition) is 1. The number of nitrogens with zero attached hydrogens (tertiary/aromatic N) is 5. The summed E-state index contributed by atoms with van der Waals surface area (Å²) in [6.45, 7) is 0. The van der Waals surface area contributed by atoms with E-state index < -0.39 is 0 Å². The second-order valence-corrected chi connectivity index (χ2v) is 3.10. The van der Waals surface area contributed by atoms with Crippen molar-refractivity contribution in [2.75, 3.05) is 7.05 Å². The van der Waals surface area contributed by atoms with Gasteiger partial charge in [0.05, 0.1) is 12.4 Å². The highest BCUT2D eigenvalue weighted by Gasteiger charge is 2.08. The van der Waals surface area contributed by atoms with Gasteiger partial charge in [-0.25, -0.2) is 14.6 Å². The van der Waals surface area contributed by atoms with E-state index in [1.54, 1.807) is 12.3 Å². The normalized spacial score (nSPS) is 9.65. The molecule has 0 atom stereocenters. The molecule has 0 saturated carbocycles. The Balaban J connectivity index is 2.31. The number of carbonyl (C=O) groups excluding carboxylic acids is 1. The summed E-state index contributed by atoms with van der Waals surface area (Å²) < 4.78 is 1.42. The van der Waals surface area contributed by atoms with Crippen molar-refractivity contribution in [3.8, 4) is 11.9 Å². The number of nitriles is 1. The van der Waals surface area contributed by atoms with Gasteiger partial charge in [-0.2, -0.15) is 10.4 Å². The molecule has 0 aromatic carbocycles. The summed E-state index contributed by atoms with van der Waals surface area (Å²) in [6, 6.07) is 3.44. The van der Waals surface area contributed by atoms with Crippen LogP contribution in [0.2, 0.25) is 0 Å². The van der Waals surface area contributed by atoms with Gasteiger partial charge in [-0.05, 0) is 6.07 Å². The van der Waals surface area contributed by atoms with Crippen LogP contribution in [0.1, 0.15) is 16.2 Å². The highest BCUT2D eigenvalue weighted by Crippen LogP contribution is 2.03. The van der Waals surface area contributed by atoms with Gasteiger partial charge in [0.25, 0.3) is 5.91 Å². The summed E-state index contributed by atoms with van der Waals surface area (Å²) in [4.78, 5) is 19.2. The number of hydrogen-bond acceptors (Lipinski definition) is 5. The zero-order chi connectivity index (χ0) is 12.3. The van der Waals surface area contributed by atoms with Crippen molar-refractivity contribution in [3.63, 3.8) is 0 Å². The molecule has 0 aliphatic heterocycles. The fourth-order valence-electron chi connectivity index (χ4n) is 1.20. The molecule has 1 amide bonds. The van der Waals surface area contributed by atoms with Crippen LogP contribution in [0.3, 0.4) is 0 Å². The highest BCUT2D eigenvalue weighted by molar-refractivity contribution is 5.91. The third-order valence-electron chi connectivity index (χ3n) is 2.04. The van der Waals surface area contributed by atoms with Crippen LogP contribution in [-0.4, -0.2) is 32.7 Å². The van der Waals surface area contributed by atoms with Gasteiger partial charge in [-0.15, -0.1) is 0 Å². The largest absolute Gasteiger partial charge is 0.354 e. The van der Waals surface area contributed by atoms with Crippen molar-refractivity contribution in [2.24, 2.45) is 0 Å². The molecular formula is C10H8N6O. The lowest BCUT2D eigenvalue weighted by Crippen LogP contribution is -2.18. The lowest BCUT2D eigenvalue weighted by molar-refractivity contribution is 0.0957. The summed E-state index contributed by atoms with van der Waals surface area (Å²) in [5, 5.41) is 15.1. The van der Waals surface area contributed by atoms with Crippen LogP contribution in [0.15, 0.2) is 24.7 Å². The predicted molar refractivity (Wildman–Crippen MR) is 57.3 cm³/mol. The Morgan fingerprint density at radius 2 is 2.29 bits per heavy atom. The van der Waals surface area contributed by atoms with Crippen LogP contribution < -0.4 is 5.32 Å². The average molecular weight is 228 g/mol. The van der Waals surface area contributed by atoms with Crippen LogP contribution >= 0.6 is 0 Å². The Hall–Kier alpha value is -2.75. The van der Waals surface area contributed by atoms with Gasteiger partial charge in [0.2, 0.25) is 0 Å². The van der Waals surface area contributed by atoms with Crippen LogP contribution in [-0.2, 0) is 0 Å². The topological polar surface area (TPSA) is 96.5 Å². The summed E-state index contributed by atoms with van der Waals surface area (Å²) in [6.07, 6.45) is 4.36. The van der Waals surface area contributed by atoms with E-state index >= 15 is 0 Å². The summed E-state index contributed by atoms with van der Waals surface area (Å²) in [7, 11) is 1.53. The van der Waals surface area contributed by atoms with E-state index in [1.807, 2.05) is 6.07 Å². The van der Waals surface area contributed by atoms with Crippen molar-refractivity contribution in [2.45, 2.75) is 0 Å². The van der Waals surface area contributed by atoms with E-state index in [0.29, 0.717) is 11.5 Å². The first-order chi connectivity index (χ1) is 8.24. The predicted octanol–water partition coefficient (Wildman–Crippen LogP) is -0.106. The Morgan fingerprint density at radius 1 is 1.47 bits per heavy atom. The van der Waals surface area contributed by atoms with Gasteiger partial charge in [-0.3, -0.25) is 4.79 Å². The van der Waals surface area contributed by atoms with Crippen LogP contribution in [0.4, 0.5) is 0 Å². The lowest BCUT2D eigenvalue weighted by atomic mass is 10.4. The molecule has 0 bridgehead atoms. The molecule has 0 spiro atoms. The Kier molecular flexibility index (Phi) is 2.79. The molecule has 84 valence electrons. The van der Waals surface area contributed by atoms with Crippen molar-refractivity contribution < 1.29 is 4.79 Å². The number of carbonyl (C=O) groups is 1. The molecule has 2 rings (SSSR count). The first-order valence-corrected chi connectivity index (χ1v) is 4.75. The Bertz CT molecular complexity index is 580. The second-order valence-electron chi connectivity index (χ2n) is 3.10. The SMILES string of the molecule is CNC(=O)c1ccn(-c2cnc(C#N)cn2)n1. The molecule has 2 aromatic rings. The maximum Gasteiger partial charge on any atom is 0.271 e. The molecular weight excluding hydrogens is 220 g/mol. The molecule has 0 aliphatic rings. The number of aromatic nitrogens is 4. The van der Waals surface area contributed by atoms with Gasteiger partial charge in [0.15, 0.2) is 17.2 Å². The molecule has 2 aromatic heterocycles. The van der Waals surface area contributed by atoms with E-state index in [0.717, 1.165) is 0 Å². The first kappa shape index (κ1) is 10.8. The minimum atomic E-state index is -0.273. The minimum Gasteiger partial charge on any atom is -0.354 e. The second kappa shape index (κ2) is 4.40. The third-order valence-corrected chi connectivity index (χ3v) is 2.04. The summed E-state index contributed by atoms with van der Waals surface area (Å²) in [5.74, 6) is 0.171. The Morgan fingerprint density at radius 3 is 2.88 bits per heavy atom. The average Bonchev–Trinajstić information content (AvgIpc) is 2.87. The van der Waals surface area contributed by atoms with Crippen molar-refractivity contribution in [1.82, 2.24) is 25.1 Å². The van der Waals surface area contributed by atoms with Gasteiger partial charge < -0.3 is 5.32 Å². The van der Waals surface area contributed by atoms with E-state index in [4.69, 9.17) is 5.26 Å². The molecule has 17 heavy (non-hydrogen) atoms. The zero-order valence-corrected chi connectivity index (χ0v) is 8.95. The fraction of sp³-hybridized carbons (Fsp3) is 0.100. The fourth-order valence-corrected chi connectivity index (χ4v) is 1.20. The molecule has 0 saturated heterocycles. The van der Waals surface area contributed by atoms with Gasteiger partial charge in [0, 0.05) is 13.2 Å². The quantitative estimate of drug-likeness (QED) is 0.773. The highest BCUT2D eigenvalue weighted by atomic mass is 16.1. The molecule has 7 heteroatoms. The number of nitrogens with one attached hydrogen (secondary N) is 1. The zero-order valence-electron chi connectivity index (χ0n) is 8.95. The first-order valence-electron chi connectivity index (χ1n) is 4.75. The van der Waals surface area contributed by atoms with Crippen molar-refractivity contribution >= 4 is 5.91 Å². The van der Waals surface area contributed by atoms with Crippen LogP contribution in [0.5, 0.6) is 0 Å². The lowest BCUT2D eigenvalue weighted by Gasteiger charge is -1.98. The number of amides is 1. The van der Waals surface area contributed by atoms with Gasteiger partial charge in [-0.1, -0.05) is 0 Å². The van der Waals surface area contributed by atoms with Crippen molar-refractivity contribution in [3.05, 3.63) is 36.0 Å². The van der Waals surface area contributed by atoms with E-state index in [1.165, 1.54) is 24.1 Å². The molecule has 0 radical (unpaired) electrons. The third kappa shape index (κ3) is 2.10. The molecule has 0 fully saturated rings. The smallest absolute Gasteiger partial charge is 0.271 e. The monoisotopic (exact) mass is 228 g/mol. The standard InChI is InChI=1S/C10H8N6O/c1-12-10(17)8-2-3-16(15-8)9-6-13-7(4-11)5-14-9/h2-3,5-6H,1H3,(H,12,17). The number of rotatable bonds is 2. The molecule has 7 nitrogen and oxygen atoms in total. The molecule has 0 aliphatic carbocycles. The van der Waals surface area contributed by atoms with E-state index in [2.05, 4.69) is 20.4 Å². The van der Waals surface area contributed by atoms with Crippen LogP contribution in [0.25, 0.3) is 5.82 Å². The maximum absolute atomic E-state index is 11.3. The minimum absolute atomic E-state index is 0.229. The van der Waals surface area contributed by atoms with E-state index in [-0.39, 0.29) is 11.6 Å². The summed E-state index contributed by atoms with van der Waals surface area (Å²) in [5.41, 5.74) is 0.520.